The van der Waals surface area contributed by atoms with Crippen molar-refractivity contribution < 1.29 is 9.59 Å². The fourth-order valence-corrected chi connectivity index (χ4v) is 4.17. The first kappa shape index (κ1) is 22.1. The van der Waals surface area contributed by atoms with Crippen LogP contribution in [-0.2, 0) is 15.0 Å². The number of hydrogen-bond acceptors (Lipinski definition) is 2. The quantitative estimate of drug-likeness (QED) is 0.730. The molecule has 30 heavy (non-hydrogen) atoms. The van der Waals surface area contributed by atoms with Crippen molar-refractivity contribution >= 4 is 11.8 Å². The van der Waals surface area contributed by atoms with Crippen LogP contribution in [0.15, 0.2) is 66.3 Å². The first-order valence-electron chi connectivity index (χ1n) is 10.9. The molecule has 2 aliphatic rings. The van der Waals surface area contributed by atoms with E-state index in [9.17, 15) is 9.59 Å². The molecule has 1 N–H and O–H groups in total. The van der Waals surface area contributed by atoms with Gasteiger partial charge in [-0.15, -0.1) is 0 Å². The van der Waals surface area contributed by atoms with E-state index in [0.717, 1.165) is 18.4 Å². The Bertz CT molecular complexity index is 851. The predicted octanol–water partition coefficient (Wildman–Crippen LogP) is 4.54. The predicted molar refractivity (Wildman–Crippen MR) is 122 cm³/mol. The lowest BCUT2D eigenvalue weighted by Crippen LogP contribution is -2.53. The number of carbonyl (C=O) groups is 2. The molecule has 0 unspecified atom stereocenters. The highest BCUT2D eigenvalue weighted by Crippen LogP contribution is 2.37. The van der Waals surface area contributed by atoms with Crippen LogP contribution in [0.25, 0.3) is 0 Å². The van der Waals surface area contributed by atoms with Crippen LogP contribution in [0.4, 0.5) is 0 Å². The van der Waals surface area contributed by atoms with Gasteiger partial charge in [-0.25, -0.2) is 0 Å². The molecule has 2 amide bonds. The summed E-state index contributed by atoms with van der Waals surface area (Å²) in [4.78, 5) is 28.2. The molecule has 1 saturated heterocycles. The number of likely N-dealkylation sites (tertiary alicyclic amines) is 1. The van der Waals surface area contributed by atoms with Gasteiger partial charge in [0.25, 0.3) is 0 Å². The summed E-state index contributed by atoms with van der Waals surface area (Å²) in [7, 11) is 0. The van der Waals surface area contributed by atoms with Crippen LogP contribution in [0.1, 0.15) is 52.0 Å². The minimum Gasteiger partial charge on any atom is -0.352 e. The van der Waals surface area contributed by atoms with Crippen molar-refractivity contribution in [1.29, 1.82) is 0 Å². The fraction of sp³-hybridized carbons (Fsp3) is 0.462. The molecule has 4 heteroatoms. The smallest absolute Gasteiger partial charge is 0.249 e. The number of nitrogens with zero attached hydrogens (tertiary/aromatic N) is 1. The molecule has 3 rings (SSSR count). The summed E-state index contributed by atoms with van der Waals surface area (Å²) < 4.78 is 0. The second kappa shape index (κ2) is 9.03. The number of rotatable bonds is 5. The summed E-state index contributed by atoms with van der Waals surface area (Å²) in [5.74, 6) is 0.0645. The number of piperidine rings is 1. The Kier molecular flexibility index (Phi) is 6.64. The third-order valence-electron chi connectivity index (χ3n) is 6.40. The second-order valence-electron chi connectivity index (χ2n) is 9.44. The van der Waals surface area contributed by atoms with Gasteiger partial charge in [-0.2, -0.15) is 0 Å². The zero-order chi connectivity index (χ0) is 21.8. The number of amides is 2. The Balaban J connectivity index is 1.75. The Morgan fingerprint density at radius 2 is 1.80 bits per heavy atom. The lowest BCUT2D eigenvalue weighted by molar-refractivity contribution is -0.134. The molecule has 1 aromatic rings. The van der Waals surface area contributed by atoms with Gasteiger partial charge in [-0.1, -0.05) is 81.5 Å². The summed E-state index contributed by atoms with van der Waals surface area (Å²) >= 11 is 0. The van der Waals surface area contributed by atoms with E-state index < -0.39 is 5.41 Å². The lowest BCUT2D eigenvalue weighted by Gasteiger charge is -2.42. The maximum absolute atomic E-state index is 13.5. The SMILES string of the molecule is C=C(C(=O)N1CCC(C(=O)NCC2=CC=CCC2)(c2ccccc2)CC1)C(C)(C)C. The molecule has 0 aromatic heterocycles. The number of carbonyl (C=O) groups excluding carboxylic acids is 2. The molecule has 160 valence electrons. The molecule has 0 bridgehead atoms. The Morgan fingerprint density at radius 3 is 2.37 bits per heavy atom. The summed E-state index contributed by atoms with van der Waals surface area (Å²) in [5, 5.41) is 3.19. The molecule has 1 aliphatic heterocycles. The summed E-state index contributed by atoms with van der Waals surface area (Å²) in [6, 6.07) is 10.0. The molecule has 0 saturated carbocycles. The van der Waals surface area contributed by atoms with E-state index in [2.05, 4.69) is 30.1 Å². The van der Waals surface area contributed by atoms with Crippen molar-refractivity contribution in [2.75, 3.05) is 19.6 Å². The van der Waals surface area contributed by atoms with Crippen molar-refractivity contribution in [3.63, 3.8) is 0 Å². The average molecular weight is 407 g/mol. The Hall–Kier alpha value is -2.62. The van der Waals surface area contributed by atoms with E-state index in [-0.39, 0.29) is 17.2 Å². The zero-order valence-electron chi connectivity index (χ0n) is 18.5. The van der Waals surface area contributed by atoms with E-state index in [1.54, 1.807) is 0 Å². The van der Waals surface area contributed by atoms with E-state index >= 15 is 0 Å². The number of allylic oxidation sites excluding steroid dienone is 3. The summed E-state index contributed by atoms with van der Waals surface area (Å²) in [6.45, 7) is 11.8. The maximum Gasteiger partial charge on any atom is 0.249 e. The largest absolute Gasteiger partial charge is 0.352 e. The van der Waals surface area contributed by atoms with Gasteiger partial charge in [0.15, 0.2) is 0 Å². The third kappa shape index (κ3) is 4.75. The molecule has 0 radical (unpaired) electrons. The average Bonchev–Trinajstić information content (AvgIpc) is 2.77. The molecule has 1 aromatic carbocycles. The molecular formula is C26H34N2O2. The van der Waals surface area contributed by atoms with Crippen LogP contribution in [0.5, 0.6) is 0 Å². The van der Waals surface area contributed by atoms with E-state index in [4.69, 9.17) is 0 Å². The van der Waals surface area contributed by atoms with Gasteiger partial charge in [0.2, 0.25) is 11.8 Å². The van der Waals surface area contributed by atoms with Crippen LogP contribution >= 0.6 is 0 Å². The van der Waals surface area contributed by atoms with Crippen LogP contribution in [0.3, 0.4) is 0 Å². The van der Waals surface area contributed by atoms with Gasteiger partial charge in [0, 0.05) is 25.2 Å². The summed E-state index contributed by atoms with van der Waals surface area (Å²) in [6.07, 6.45) is 9.56. The first-order chi connectivity index (χ1) is 14.2. The van der Waals surface area contributed by atoms with E-state index in [1.165, 1.54) is 5.57 Å². The third-order valence-corrected chi connectivity index (χ3v) is 6.40. The van der Waals surface area contributed by atoms with Crippen LogP contribution < -0.4 is 5.32 Å². The standard InChI is InChI=1S/C26H34N2O2/c1-20(25(2,3)4)23(29)28-17-15-26(16-18-28,22-13-9-6-10-14-22)24(30)27-19-21-11-7-5-8-12-21/h5-7,9-11,13-14H,1,8,12,15-19H2,2-4H3,(H,27,30). The maximum atomic E-state index is 13.5. The highest BCUT2D eigenvalue weighted by atomic mass is 16.2. The zero-order valence-corrected chi connectivity index (χ0v) is 18.5. The van der Waals surface area contributed by atoms with Gasteiger partial charge in [0.05, 0.1) is 5.41 Å². The highest BCUT2D eigenvalue weighted by Gasteiger charge is 2.44. The highest BCUT2D eigenvalue weighted by molar-refractivity contribution is 5.94. The second-order valence-corrected chi connectivity index (χ2v) is 9.44. The summed E-state index contributed by atoms with van der Waals surface area (Å²) in [5.41, 5.74) is 2.04. The van der Waals surface area contributed by atoms with Crippen LogP contribution in [0.2, 0.25) is 0 Å². The number of benzene rings is 1. The molecule has 1 aliphatic carbocycles. The van der Waals surface area contributed by atoms with Crippen molar-refractivity contribution in [3.05, 3.63) is 71.8 Å². The minimum absolute atomic E-state index is 0.00344. The molecule has 4 nitrogen and oxygen atoms in total. The van der Waals surface area contributed by atoms with Crippen molar-refractivity contribution in [3.8, 4) is 0 Å². The van der Waals surface area contributed by atoms with Gasteiger partial charge >= 0.3 is 0 Å². The van der Waals surface area contributed by atoms with Crippen LogP contribution in [0, 0.1) is 5.41 Å². The topological polar surface area (TPSA) is 49.4 Å². The molecule has 1 fully saturated rings. The molecule has 0 spiro atoms. The molecule has 0 atom stereocenters. The Morgan fingerprint density at radius 1 is 1.13 bits per heavy atom. The van der Waals surface area contributed by atoms with Gasteiger partial charge in [-0.05, 0) is 36.7 Å². The number of nitrogens with one attached hydrogen (secondary N) is 1. The minimum atomic E-state index is -0.605. The van der Waals surface area contributed by atoms with Crippen LogP contribution in [-0.4, -0.2) is 36.3 Å². The molecule has 1 heterocycles. The molecular weight excluding hydrogens is 372 g/mol. The van der Waals surface area contributed by atoms with Gasteiger partial charge in [-0.3, -0.25) is 9.59 Å². The van der Waals surface area contributed by atoms with Gasteiger partial charge in [0.1, 0.15) is 0 Å². The monoisotopic (exact) mass is 406 g/mol. The van der Waals surface area contributed by atoms with Crippen molar-refractivity contribution in [1.82, 2.24) is 10.2 Å². The Labute approximate surface area is 180 Å². The normalized spacial score (nSPS) is 18.5. The lowest BCUT2D eigenvalue weighted by atomic mass is 9.71. The first-order valence-corrected chi connectivity index (χ1v) is 10.9. The number of hydrogen-bond donors (Lipinski definition) is 1. The van der Waals surface area contributed by atoms with Crippen molar-refractivity contribution in [2.45, 2.75) is 51.9 Å². The van der Waals surface area contributed by atoms with Gasteiger partial charge < -0.3 is 10.2 Å². The fourth-order valence-electron chi connectivity index (χ4n) is 4.17. The van der Waals surface area contributed by atoms with E-state index in [0.29, 0.717) is 38.0 Å². The van der Waals surface area contributed by atoms with Crippen molar-refractivity contribution in [2.24, 2.45) is 5.41 Å². The van der Waals surface area contributed by atoms with E-state index in [1.807, 2.05) is 56.0 Å².